The molecule has 0 fully saturated rings. The van der Waals surface area contributed by atoms with Gasteiger partial charge in [0.1, 0.15) is 13.2 Å². The van der Waals surface area contributed by atoms with E-state index in [0.29, 0.717) is 30.6 Å². The molecule has 1 heterocycles. The number of thioether (sulfide) groups is 1. The van der Waals surface area contributed by atoms with Crippen LogP contribution >= 0.6 is 11.8 Å². The highest BCUT2D eigenvalue weighted by molar-refractivity contribution is 7.99. The van der Waals surface area contributed by atoms with Crippen molar-refractivity contribution in [3.05, 3.63) is 54.1 Å². The summed E-state index contributed by atoms with van der Waals surface area (Å²) in [6.07, 6.45) is 0.482. The lowest BCUT2D eigenvalue weighted by molar-refractivity contribution is -0.115. The monoisotopic (exact) mass is 343 g/mol. The SMILES string of the molecule is C[C@@H](SCCC(=O)Nc1ccc2c(c1)OCCO2)c1ccccc1. The van der Waals surface area contributed by atoms with E-state index in [1.165, 1.54) is 5.56 Å². The van der Waals surface area contributed by atoms with E-state index in [9.17, 15) is 4.79 Å². The molecule has 5 heteroatoms. The number of carbonyl (C=O) groups is 1. The molecule has 0 aliphatic carbocycles. The van der Waals surface area contributed by atoms with Crippen molar-refractivity contribution in [3.8, 4) is 11.5 Å². The van der Waals surface area contributed by atoms with Gasteiger partial charge in [0.15, 0.2) is 11.5 Å². The van der Waals surface area contributed by atoms with Crippen LogP contribution in [-0.2, 0) is 4.79 Å². The van der Waals surface area contributed by atoms with Crippen LogP contribution in [0.2, 0.25) is 0 Å². The van der Waals surface area contributed by atoms with Crippen LogP contribution in [0.15, 0.2) is 48.5 Å². The van der Waals surface area contributed by atoms with E-state index in [2.05, 4.69) is 24.4 Å². The van der Waals surface area contributed by atoms with Crippen molar-refractivity contribution in [1.29, 1.82) is 0 Å². The molecule has 0 saturated heterocycles. The molecule has 2 aromatic rings. The summed E-state index contributed by atoms with van der Waals surface area (Å²) >= 11 is 1.79. The average molecular weight is 343 g/mol. The number of benzene rings is 2. The first-order valence-corrected chi connectivity index (χ1v) is 9.13. The van der Waals surface area contributed by atoms with Gasteiger partial charge in [-0.2, -0.15) is 11.8 Å². The molecule has 0 radical (unpaired) electrons. The Morgan fingerprint density at radius 1 is 1.12 bits per heavy atom. The zero-order valence-electron chi connectivity index (χ0n) is 13.7. The van der Waals surface area contributed by atoms with Gasteiger partial charge in [0, 0.05) is 29.2 Å². The van der Waals surface area contributed by atoms with E-state index >= 15 is 0 Å². The summed E-state index contributed by atoms with van der Waals surface area (Å²) in [7, 11) is 0. The molecule has 1 atom stereocenters. The number of hydrogen-bond donors (Lipinski definition) is 1. The van der Waals surface area contributed by atoms with Crippen molar-refractivity contribution in [1.82, 2.24) is 0 Å². The zero-order valence-corrected chi connectivity index (χ0v) is 14.5. The summed E-state index contributed by atoms with van der Waals surface area (Å²) in [5, 5.41) is 3.30. The Morgan fingerprint density at radius 2 is 1.88 bits per heavy atom. The Bertz CT molecular complexity index is 690. The summed E-state index contributed by atoms with van der Waals surface area (Å²) in [6, 6.07) is 15.8. The van der Waals surface area contributed by atoms with Crippen LogP contribution in [0, 0.1) is 0 Å². The molecule has 0 unspecified atom stereocenters. The third-order valence-corrected chi connectivity index (χ3v) is 5.00. The molecule has 0 spiro atoms. The number of fused-ring (bicyclic) bond motifs is 1. The van der Waals surface area contributed by atoms with E-state index in [0.717, 1.165) is 17.2 Å². The summed E-state index contributed by atoms with van der Waals surface area (Å²) < 4.78 is 11.0. The summed E-state index contributed by atoms with van der Waals surface area (Å²) in [4.78, 5) is 12.1. The van der Waals surface area contributed by atoms with Crippen LogP contribution in [0.1, 0.15) is 24.2 Å². The van der Waals surface area contributed by atoms with Crippen molar-refractivity contribution in [2.24, 2.45) is 0 Å². The highest BCUT2D eigenvalue weighted by Crippen LogP contribution is 2.33. The summed E-state index contributed by atoms with van der Waals surface area (Å²) in [6.45, 7) is 3.27. The Morgan fingerprint density at radius 3 is 2.67 bits per heavy atom. The highest BCUT2D eigenvalue weighted by Gasteiger charge is 2.13. The second-order valence-corrected chi connectivity index (χ2v) is 7.03. The van der Waals surface area contributed by atoms with Gasteiger partial charge >= 0.3 is 0 Å². The lowest BCUT2D eigenvalue weighted by Gasteiger charge is -2.19. The van der Waals surface area contributed by atoms with E-state index in [1.54, 1.807) is 11.8 Å². The number of nitrogens with one attached hydrogen (secondary N) is 1. The van der Waals surface area contributed by atoms with E-state index in [4.69, 9.17) is 9.47 Å². The van der Waals surface area contributed by atoms with Crippen molar-refractivity contribution >= 4 is 23.4 Å². The van der Waals surface area contributed by atoms with Crippen LogP contribution < -0.4 is 14.8 Å². The molecule has 3 rings (SSSR count). The van der Waals surface area contributed by atoms with Gasteiger partial charge in [0.05, 0.1) is 0 Å². The quantitative estimate of drug-likeness (QED) is 0.850. The second kappa shape index (κ2) is 8.11. The molecule has 1 aliphatic rings. The van der Waals surface area contributed by atoms with Crippen LogP contribution in [0.3, 0.4) is 0 Å². The molecular formula is C19H21NO3S. The number of amides is 1. The molecule has 0 aromatic heterocycles. The molecule has 0 saturated carbocycles. The average Bonchev–Trinajstić information content (AvgIpc) is 2.62. The maximum atomic E-state index is 12.1. The fraction of sp³-hybridized carbons (Fsp3) is 0.316. The van der Waals surface area contributed by atoms with Crippen LogP contribution in [0.25, 0.3) is 0 Å². The molecule has 4 nitrogen and oxygen atoms in total. The van der Waals surface area contributed by atoms with Crippen LogP contribution in [0.5, 0.6) is 11.5 Å². The van der Waals surface area contributed by atoms with Gasteiger partial charge in [-0.15, -0.1) is 0 Å². The first-order chi connectivity index (χ1) is 11.7. The van der Waals surface area contributed by atoms with Gasteiger partial charge in [-0.25, -0.2) is 0 Å². The summed E-state index contributed by atoms with van der Waals surface area (Å²) in [5.41, 5.74) is 2.03. The first-order valence-electron chi connectivity index (χ1n) is 8.08. The number of ether oxygens (including phenoxy) is 2. The van der Waals surface area contributed by atoms with Crippen LogP contribution in [0.4, 0.5) is 5.69 Å². The van der Waals surface area contributed by atoms with Gasteiger partial charge in [-0.3, -0.25) is 4.79 Å². The third kappa shape index (κ3) is 4.45. The smallest absolute Gasteiger partial charge is 0.225 e. The largest absolute Gasteiger partial charge is 0.486 e. The molecule has 1 amide bonds. The molecule has 1 aliphatic heterocycles. The third-order valence-electron chi connectivity index (χ3n) is 3.79. The maximum Gasteiger partial charge on any atom is 0.225 e. The van der Waals surface area contributed by atoms with Crippen molar-refractivity contribution < 1.29 is 14.3 Å². The molecule has 1 N–H and O–H groups in total. The van der Waals surface area contributed by atoms with Crippen molar-refractivity contribution in [2.45, 2.75) is 18.6 Å². The highest BCUT2D eigenvalue weighted by atomic mass is 32.2. The van der Waals surface area contributed by atoms with Gasteiger partial charge in [0.2, 0.25) is 5.91 Å². The van der Waals surface area contributed by atoms with Crippen molar-refractivity contribution in [2.75, 3.05) is 24.3 Å². The lowest BCUT2D eigenvalue weighted by Crippen LogP contribution is -2.16. The molecule has 126 valence electrons. The van der Waals surface area contributed by atoms with E-state index < -0.39 is 0 Å². The minimum Gasteiger partial charge on any atom is -0.486 e. The minimum absolute atomic E-state index is 0.0134. The predicted molar refractivity (Wildman–Crippen MR) is 98.0 cm³/mol. The number of hydrogen-bond acceptors (Lipinski definition) is 4. The number of anilines is 1. The Labute approximate surface area is 146 Å². The Balaban J connectivity index is 1.46. The maximum absolute atomic E-state index is 12.1. The fourth-order valence-electron chi connectivity index (χ4n) is 2.49. The molecule has 24 heavy (non-hydrogen) atoms. The topological polar surface area (TPSA) is 47.6 Å². The van der Waals surface area contributed by atoms with Crippen LogP contribution in [-0.4, -0.2) is 24.9 Å². The van der Waals surface area contributed by atoms with Gasteiger partial charge in [-0.1, -0.05) is 30.3 Å². The van der Waals surface area contributed by atoms with Crippen molar-refractivity contribution in [3.63, 3.8) is 0 Å². The normalized spacial score (nSPS) is 14.0. The standard InChI is InChI=1S/C19H21NO3S/c1-14(15-5-3-2-4-6-15)24-12-9-19(21)20-16-7-8-17-18(13-16)23-11-10-22-17/h2-8,13-14H,9-12H2,1H3,(H,20,21)/t14-/m1/s1. The van der Waals surface area contributed by atoms with Gasteiger partial charge in [-0.05, 0) is 24.6 Å². The first kappa shape index (κ1) is 16.7. The molecule has 0 bridgehead atoms. The van der Waals surface area contributed by atoms with E-state index in [-0.39, 0.29) is 5.91 Å². The molecule has 2 aromatic carbocycles. The zero-order chi connectivity index (χ0) is 16.8. The number of carbonyl (C=O) groups excluding carboxylic acids is 1. The van der Waals surface area contributed by atoms with E-state index in [1.807, 2.05) is 36.4 Å². The predicted octanol–water partition coefficient (Wildman–Crippen LogP) is 4.28. The van der Waals surface area contributed by atoms with Gasteiger partial charge in [0.25, 0.3) is 0 Å². The summed E-state index contributed by atoms with van der Waals surface area (Å²) in [5.74, 6) is 2.21. The Hall–Kier alpha value is -2.14. The molecular weight excluding hydrogens is 322 g/mol. The second-order valence-electron chi connectivity index (χ2n) is 5.58. The Kier molecular flexibility index (Phi) is 5.64. The number of rotatable bonds is 6. The lowest BCUT2D eigenvalue weighted by atomic mass is 10.2. The minimum atomic E-state index is 0.0134. The fourth-order valence-corrected chi connectivity index (χ4v) is 3.50. The van der Waals surface area contributed by atoms with Gasteiger partial charge < -0.3 is 14.8 Å².